The van der Waals surface area contributed by atoms with Crippen LogP contribution in [0.15, 0.2) is 0 Å². The highest BCUT2D eigenvalue weighted by Gasteiger charge is 2.33. The van der Waals surface area contributed by atoms with Gasteiger partial charge in [0.25, 0.3) is 0 Å². The van der Waals surface area contributed by atoms with Gasteiger partial charge in [-0.15, -0.1) is 5.92 Å². The van der Waals surface area contributed by atoms with Crippen LogP contribution in [0.1, 0.15) is 19.8 Å². The third-order valence-corrected chi connectivity index (χ3v) is 2.30. The summed E-state index contributed by atoms with van der Waals surface area (Å²) in [7, 11) is 0. The van der Waals surface area contributed by atoms with E-state index in [2.05, 4.69) is 17.2 Å². The van der Waals surface area contributed by atoms with Crippen LogP contribution in [-0.4, -0.2) is 41.1 Å². The van der Waals surface area contributed by atoms with Gasteiger partial charge in [0.1, 0.15) is 6.04 Å². The summed E-state index contributed by atoms with van der Waals surface area (Å²) in [4.78, 5) is 23.7. The van der Waals surface area contributed by atoms with Gasteiger partial charge >= 0.3 is 12.0 Å². The lowest BCUT2D eigenvalue weighted by atomic mass is 10.2. The average molecular weight is 210 g/mol. The van der Waals surface area contributed by atoms with Crippen LogP contribution in [0.4, 0.5) is 4.79 Å². The zero-order chi connectivity index (χ0) is 11.3. The van der Waals surface area contributed by atoms with Gasteiger partial charge < -0.3 is 15.3 Å². The smallest absolute Gasteiger partial charge is 0.326 e. The molecular weight excluding hydrogens is 196 g/mol. The first-order valence-corrected chi connectivity index (χ1v) is 4.83. The third kappa shape index (κ3) is 2.88. The van der Waals surface area contributed by atoms with Crippen molar-refractivity contribution in [1.29, 1.82) is 0 Å². The normalized spacial score (nSPS) is 19.3. The zero-order valence-corrected chi connectivity index (χ0v) is 8.62. The van der Waals surface area contributed by atoms with E-state index in [-0.39, 0.29) is 12.6 Å². The number of carboxylic acid groups (broad SMARTS) is 1. The maximum atomic E-state index is 11.5. The van der Waals surface area contributed by atoms with E-state index < -0.39 is 12.0 Å². The van der Waals surface area contributed by atoms with E-state index >= 15 is 0 Å². The molecule has 0 aromatic rings. The summed E-state index contributed by atoms with van der Waals surface area (Å²) in [5.41, 5.74) is 0. The Labute approximate surface area is 88.4 Å². The van der Waals surface area contributed by atoms with Gasteiger partial charge in [-0.1, -0.05) is 5.92 Å². The van der Waals surface area contributed by atoms with E-state index in [0.717, 1.165) is 6.42 Å². The first-order chi connectivity index (χ1) is 7.16. The topological polar surface area (TPSA) is 69.6 Å². The largest absolute Gasteiger partial charge is 0.480 e. The Balaban J connectivity index is 2.50. The van der Waals surface area contributed by atoms with E-state index in [9.17, 15) is 9.59 Å². The van der Waals surface area contributed by atoms with Crippen LogP contribution in [0.2, 0.25) is 0 Å². The van der Waals surface area contributed by atoms with Crippen molar-refractivity contribution >= 4 is 12.0 Å². The second kappa shape index (κ2) is 5.25. The number of hydrogen-bond donors (Lipinski definition) is 2. The number of carboxylic acids is 1. The molecule has 0 spiro atoms. The lowest BCUT2D eigenvalue weighted by Crippen LogP contribution is -2.46. The molecule has 1 heterocycles. The first kappa shape index (κ1) is 11.4. The molecule has 0 aliphatic carbocycles. The summed E-state index contributed by atoms with van der Waals surface area (Å²) in [6.07, 6.45) is 1.27. The minimum atomic E-state index is -0.941. The van der Waals surface area contributed by atoms with Crippen molar-refractivity contribution in [2.24, 2.45) is 0 Å². The third-order valence-electron chi connectivity index (χ3n) is 2.30. The molecule has 1 fully saturated rings. The standard InChI is InChI=1S/C10H14N2O3/c1-2-3-6-11-10(15)12-7-4-5-8(12)9(13)14/h8H,4-7H2,1H3,(H,11,15)(H,13,14). The van der Waals surface area contributed by atoms with Crippen molar-refractivity contribution in [3.8, 4) is 11.8 Å². The minimum absolute atomic E-state index is 0.262. The molecule has 0 bridgehead atoms. The van der Waals surface area contributed by atoms with Gasteiger partial charge in [0.2, 0.25) is 0 Å². The van der Waals surface area contributed by atoms with Crippen LogP contribution >= 0.6 is 0 Å². The summed E-state index contributed by atoms with van der Waals surface area (Å²) in [6.45, 7) is 2.45. The Morgan fingerprint density at radius 3 is 2.93 bits per heavy atom. The number of amides is 2. The summed E-state index contributed by atoms with van der Waals surface area (Å²) in [5, 5.41) is 11.4. The first-order valence-electron chi connectivity index (χ1n) is 4.83. The van der Waals surface area contributed by atoms with Gasteiger partial charge in [0.15, 0.2) is 0 Å². The second-order valence-corrected chi connectivity index (χ2v) is 3.28. The van der Waals surface area contributed by atoms with Crippen molar-refractivity contribution in [3.05, 3.63) is 0 Å². The molecule has 2 N–H and O–H groups in total. The molecule has 1 aliphatic heterocycles. The van der Waals surface area contributed by atoms with Crippen molar-refractivity contribution < 1.29 is 14.7 Å². The molecule has 1 aliphatic rings. The highest BCUT2D eigenvalue weighted by molar-refractivity contribution is 5.83. The van der Waals surface area contributed by atoms with Gasteiger partial charge in [-0.25, -0.2) is 9.59 Å². The van der Waals surface area contributed by atoms with Crippen LogP contribution in [0.3, 0.4) is 0 Å². The van der Waals surface area contributed by atoms with Crippen molar-refractivity contribution in [3.63, 3.8) is 0 Å². The van der Waals surface area contributed by atoms with Crippen molar-refractivity contribution in [1.82, 2.24) is 10.2 Å². The lowest BCUT2D eigenvalue weighted by molar-refractivity contribution is -0.141. The van der Waals surface area contributed by atoms with Crippen LogP contribution in [0.5, 0.6) is 0 Å². The molecule has 1 unspecified atom stereocenters. The summed E-state index contributed by atoms with van der Waals surface area (Å²) in [6, 6.07) is -1.03. The Bertz CT molecular complexity index is 316. The number of carbonyl (C=O) groups is 2. The number of carbonyl (C=O) groups excluding carboxylic acids is 1. The lowest BCUT2D eigenvalue weighted by Gasteiger charge is -2.20. The van der Waals surface area contributed by atoms with Crippen LogP contribution < -0.4 is 5.32 Å². The summed E-state index contributed by atoms with van der Waals surface area (Å²) < 4.78 is 0. The Morgan fingerprint density at radius 1 is 1.60 bits per heavy atom. The minimum Gasteiger partial charge on any atom is -0.480 e. The van der Waals surface area contributed by atoms with Crippen LogP contribution in [-0.2, 0) is 4.79 Å². The molecule has 1 saturated heterocycles. The maximum absolute atomic E-state index is 11.5. The maximum Gasteiger partial charge on any atom is 0.326 e. The summed E-state index contributed by atoms with van der Waals surface area (Å²) in [5.74, 6) is 4.40. The predicted octanol–water partition coefficient (Wildman–Crippen LogP) is 0.268. The van der Waals surface area contributed by atoms with Crippen molar-refractivity contribution in [2.75, 3.05) is 13.1 Å². The number of urea groups is 1. The highest BCUT2D eigenvalue weighted by Crippen LogP contribution is 2.16. The van der Waals surface area contributed by atoms with Gasteiger partial charge in [0, 0.05) is 6.54 Å². The van der Waals surface area contributed by atoms with Gasteiger partial charge in [-0.05, 0) is 19.8 Å². The highest BCUT2D eigenvalue weighted by atomic mass is 16.4. The van der Waals surface area contributed by atoms with E-state index in [1.54, 1.807) is 6.92 Å². The van der Waals surface area contributed by atoms with E-state index in [0.29, 0.717) is 13.0 Å². The molecule has 0 aromatic carbocycles. The summed E-state index contributed by atoms with van der Waals surface area (Å²) >= 11 is 0. The molecular formula is C10H14N2O3. The average Bonchev–Trinajstić information content (AvgIpc) is 2.66. The zero-order valence-electron chi connectivity index (χ0n) is 8.62. The van der Waals surface area contributed by atoms with E-state index in [4.69, 9.17) is 5.11 Å². The van der Waals surface area contributed by atoms with Crippen molar-refractivity contribution in [2.45, 2.75) is 25.8 Å². The van der Waals surface area contributed by atoms with E-state index in [1.165, 1.54) is 4.90 Å². The number of hydrogen-bond acceptors (Lipinski definition) is 2. The Morgan fingerprint density at radius 2 is 2.33 bits per heavy atom. The fourth-order valence-electron chi connectivity index (χ4n) is 1.58. The molecule has 1 atom stereocenters. The Hall–Kier alpha value is -1.70. The molecule has 2 amide bonds. The second-order valence-electron chi connectivity index (χ2n) is 3.28. The number of rotatable bonds is 2. The monoisotopic (exact) mass is 210 g/mol. The van der Waals surface area contributed by atoms with E-state index in [1.807, 2.05) is 0 Å². The number of nitrogens with one attached hydrogen (secondary N) is 1. The molecule has 82 valence electrons. The van der Waals surface area contributed by atoms with Crippen LogP contribution in [0.25, 0.3) is 0 Å². The number of aliphatic carboxylic acids is 1. The molecule has 15 heavy (non-hydrogen) atoms. The fraction of sp³-hybridized carbons (Fsp3) is 0.600. The van der Waals surface area contributed by atoms with Gasteiger partial charge in [0.05, 0.1) is 6.54 Å². The molecule has 5 nitrogen and oxygen atoms in total. The predicted molar refractivity (Wildman–Crippen MR) is 54.2 cm³/mol. The van der Waals surface area contributed by atoms with Crippen LogP contribution in [0, 0.1) is 11.8 Å². The SMILES string of the molecule is CC#CCNC(=O)N1CCCC1C(=O)O. The number of likely N-dealkylation sites (tertiary alicyclic amines) is 1. The molecule has 0 radical (unpaired) electrons. The molecule has 0 saturated carbocycles. The fourth-order valence-corrected chi connectivity index (χ4v) is 1.58. The van der Waals surface area contributed by atoms with Gasteiger partial charge in [-0.2, -0.15) is 0 Å². The molecule has 1 rings (SSSR count). The molecule has 5 heteroatoms. The number of nitrogens with zero attached hydrogens (tertiary/aromatic N) is 1. The quantitative estimate of drug-likeness (QED) is 0.643. The van der Waals surface area contributed by atoms with Gasteiger partial charge in [-0.3, -0.25) is 0 Å². The molecule has 0 aromatic heterocycles. The Kier molecular flexibility index (Phi) is 3.98.